The van der Waals surface area contributed by atoms with Crippen molar-refractivity contribution in [3.05, 3.63) is 68.4 Å². The maximum atomic E-state index is 13.9. The molecule has 0 bridgehead atoms. The first-order chi connectivity index (χ1) is 21.3. The van der Waals surface area contributed by atoms with Gasteiger partial charge in [0.1, 0.15) is 22.6 Å². The van der Waals surface area contributed by atoms with Crippen LogP contribution < -0.4 is 10.6 Å². The number of hydrogen-bond donors (Lipinski definition) is 2. The van der Waals surface area contributed by atoms with Gasteiger partial charge in [0.05, 0.1) is 27.0 Å². The topological polar surface area (TPSA) is 106 Å². The van der Waals surface area contributed by atoms with Gasteiger partial charge >= 0.3 is 6.18 Å². The van der Waals surface area contributed by atoms with E-state index in [1.807, 2.05) is 26.0 Å². The molecule has 236 valence electrons. The van der Waals surface area contributed by atoms with Crippen molar-refractivity contribution in [2.75, 3.05) is 12.4 Å². The van der Waals surface area contributed by atoms with Gasteiger partial charge in [-0.1, -0.05) is 27.5 Å². The number of aromatic nitrogens is 5. The molecule has 1 saturated carbocycles. The predicted octanol–water partition coefficient (Wildman–Crippen LogP) is 8.46. The largest absolute Gasteiger partial charge is 0.418 e. The number of alkyl halides is 3. The summed E-state index contributed by atoms with van der Waals surface area (Å²) in [4.78, 5) is 33.5. The van der Waals surface area contributed by atoms with Gasteiger partial charge in [-0.25, -0.2) is 19.9 Å². The summed E-state index contributed by atoms with van der Waals surface area (Å²) < 4.78 is 42.6. The number of thiazole rings is 1. The molecular weight excluding hydrogens is 691 g/mol. The Morgan fingerprint density at radius 2 is 1.64 bits per heavy atom. The zero-order valence-electron chi connectivity index (χ0n) is 24.9. The summed E-state index contributed by atoms with van der Waals surface area (Å²) in [6.07, 6.45) is -0.0815. The maximum Gasteiger partial charge on any atom is 0.418 e. The molecular formula is C31H30BrClF3N7OS. The third-order valence-corrected chi connectivity index (χ3v) is 9.21. The number of fused-ring (bicyclic) bond motifs is 2. The van der Waals surface area contributed by atoms with E-state index in [9.17, 15) is 18.0 Å². The molecule has 6 rings (SSSR count). The monoisotopic (exact) mass is 719 g/mol. The van der Waals surface area contributed by atoms with Crippen molar-refractivity contribution in [1.82, 2.24) is 30.2 Å². The minimum Gasteiger partial charge on any atom is -0.367 e. The second kappa shape index (κ2) is 13.5. The number of aryl methyl sites for hydroxylation is 3. The molecule has 3 aromatic heterocycles. The minimum atomic E-state index is -4.55. The standard InChI is InChI=1S/C21H22F3N5OS.C10H8BrClN2/c1-11-27-18-15(7-13(17-9-26-10-31-17)8-16(18)21(22,23)24)19(28-11)29-14-5-3-12(4-6-14)20(30)25-2;1-5-3-7(11)4-8-9(5)13-6(2)14-10(8)12/h7-10,12,14H,3-6H2,1-2H3,(H,25,30)(H,27,28,29);3-4H,1-2H3. The Bertz CT molecular complexity index is 1820. The summed E-state index contributed by atoms with van der Waals surface area (Å²) in [7, 11) is 1.63. The second-order valence-electron chi connectivity index (χ2n) is 10.9. The van der Waals surface area contributed by atoms with Crippen LogP contribution in [0.15, 0.2) is 40.4 Å². The molecule has 0 radical (unpaired) electrons. The van der Waals surface area contributed by atoms with Crippen LogP contribution in [0.1, 0.15) is 48.5 Å². The van der Waals surface area contributed by atoms with Gasteiger partial charge in [0.25, 0.3) is 0 Å². The van der Waals surface area contributed by atoms with Gasteiger partial charge in [0.15, 0.2) is 0 Å². The molecule has 1 aliphatic rings. The lowest BCUT2D eigenvalue weighted by Gasteiger charge is -2.29. The molecule has 0 atom stereocenters. The Hall–Kier alpha value is -3.42. The fourth-order valence-electron chi connectivity index (χ4n) is 5.50. The molecule has 0 saturated heterocycles. The molecule has 3 heterocycles. The Kier molecular flexibility index (Phi) is 9.90. The summed E-state index contributed by atoms with van der Waals surface area (Å²) in [5.41, 5.74) is 3.14. The molecule has 45 heavy (non-hydrogen) atoms. The van der Waals surface area contributed by atoms with Crippen molar-refractivity contribution < 1.29 is 18.0 Å². The highest BCUT2D eigenvalue weighted by Crippen LogP contribution is 2.40. The molecule has 0 spiro atoms. The molecule has 14 heteroatoms. The van der Waals surface area contributed by atoms with E-state index in [0.717, 1.165) is 52.7 Å². The first-order valence-corrected chi connectivity index (χ1v) is 16.3. The van der Waals surface area contributed by atoms with Gasteiger partial charge in [0.2, 0.25) is 5.91 Å². The molecule has 8 nitrogen and oxygen atoms in total. The average Bonchev–Trinajstić information content (AvgIpc) is 3.52. The van der Waals surface area contributed by atoms with Crippen LogP contribution in [-0.2, 0) is 11.0 Å². The molecule has 0 aliphatic heterocycles. The smallest absolute Gasteiger partial charge is 0.367 e. The number of benzene rings is 2. The second-order valence-corrected chi connectivity index (χ2v) is 13.1. The molecule has 2 aromatic carbocycles. The van der Waals surface area contributed by atoms with E-state index in [2.05, 4.69) is 51.5 Å². The molecule has 2 N–H and O–H groups in total. The molecule has 0 unspecified atom stereocenters. The Morgan fingerprint density at radius 1 is 0.956 bits per heavy atom. The van der Waals surface area contributed by atoms with Crippen LogP contribution in [0, 0.1) is 26.7 Å². The lowest BCUT2D eigenvalue weighted by atomic mass is 9.85. The van der Waals surface area contributed by atoms with Crippen LogP contribution in [0.3, 0.4) is 0 Å². The summed E-state index contributed by atoms with van der Waals surface area (Å²) in [5, 5.41) is 7.75. The Labute approximate surface area is 275 Å². The molecule has 5 aromatic rings. The summed E-state index contributed by atoms with van der Waals surface area (Å²) in [6, 6.07) is 6.80. The Balaban J connectivity index is 0.000000238. The predicted molar refractivity (Wildman–Crippen MR) is 176 cm³/mol. The zero-order valence-corrected chi connectivity index (χ0v) is 28.0. The third-order valence-electron chi connectivity index (χ3n) is 7.64. The number of amides is 1. The number of nitrogens with one attached hydrogen (secondary N) is 2. The van der Waals surface area contributed by atoms with Gasteiger partial charge in [-0.2, -0.15) is 13.2 Å². The zero-order chi connectivity index (χ0) is 32.5. The molecule has 1 amide bonds. The number of hydrogen-bond acceptors (Lipinski definition) is 8. The number of nitrogens with zero attached hydrogens (tertiary/aromatic N) is 5. The van der Waals surface area contributed by atoms with Gasteiger partial charge in [-0.05, 0) is 81.8 Å². The lowest BCUT2D eigenvalue weighted by Crippen LogP contribution is -2.34. The fourth-order valence-corrected chi connectivity index (χ4v) is 6.95. The van der Waals surface area contributed by atoms with Crippen LogP contribution in [0.2, 0.25) is 5.15 Å². The molecule has 1 fully saturated rings. The van der Waals surface area contributed by atoms with Gasteiger partial charge in [-0.15, -0.1) is 11.3 Å². The summed E-state index contributed by atoms with van der Waals surface area (Å²) in [5.74, 6) is 1.37. The van der Waals surface area contributed by atoms with Crippen molar-refractivity contribution in [3.8, 4) is 10.4 Å². The van der Waals surface area contributed by atoms with E-state index in [1.165, 1.54) is 11.3 Å². The average molecular weight is 721 g/mol. The van der Waals surface area contributed by atoms with Crippen LogP contribution >= 0.6 is 38.9 Å². The lowest BCUT2D eigenvalue weighted by molar-refractivity contribution is -0.136. The first kappa shape index (κ1) is 33.0. The van der Waals surface area contributed by atoms with E-state index in [0.29, 0.717) is 32.6 Å². The summed E-state index contributed by atoms with van der Waals surface area (Å²) >= 11 is 10.7. The number of anilines is 1. The molecule has 1 aliphatic carbocycles. The normalized spacial score (nSPS) is 16.7. The first-order valence-electron chi connectivity index (χ1n) is 14.2. The number of rotatable bonds is 4. The van der Waals surface area contributed by atoms with E-state index >= 15 is 0 Å². The minimum absolute atomic E-state index is 0.0262. The maximum absolute atomic E-state index is 13.9. The number of halogens is 5. The van der Waals surface area contributed by atoms with Gasteiger partial charge in [0, 0.05) is 40.4 Å². The Morgan fingerprint density at radius 3 is 2.29 bits per heavy atom. The highest BCUT2D eigenvalue weighted by atomic mass is 79.9. The van der Waals surface area contributed by atoms with Crippen molar-refractivity contribution in [3.63, 3.8) is 0 Å². The van der Waals surface area contributed by atoms with Crippen molar-refractivity contribution in [1.29, 1.82) is 0 Å². The van der Waals surface area contributed by atoms with Crippen LogP contribution in [0.4, 0.5) is 19.0 Å². The van der Waals surface area contributed by atoms with Crippen LogP contribution in [-0.4, -0.2) is 43.9 Å². The number of carbonyl (C=O) groups is 1. The van der Waals surface area contributed by atoms with E-state index in [1.54, 1.807) is 31.7 Å². The van der Waals surface area contributed by atoms with Crippen molar-refractivity contribution >= 4 is 72.4 Å². The highest BCUT2D eigenvalue weighted by molar-refractivity contribution is 9.10. The van der Waals surface area contributed by atoms with Gasteiger partial charge in [-0.3, -0.25) is 9.78 Å². The van der Waals surface area contributed by atoms with Crippen LogP contribution in [0.5, 0.6) is 0 Å². The van der Waals surface area contributed by atoms with Crippen LogP contribution in [0.25, 0.3) is 32.2 Å². The van der Waals surface area contributed by atoms with E-state index < -0.39 is 11.7 Å². The van der Waals surface area contributed by atoms with E-state index in [-0.39, 0.29) is 29.2 Å². The number of carbonyl (C=O) groups excluding carboxylic acids is 1. The SMILES string of the molecule is CNC(=O)C1CCC(Nc2nc(C)nc3c(C(F)(F)F)cc(-c4cncs4)cc23)CC1.Cc1nc(Cl)c2cc(Br)cc(C)c2n1. The van der Waals surface area contributed by atoms with E-state index in [4.69, 9.17) is 11.6 Å². The fraction of sp³-hybridized carbons (Fsp3) is 0.355. The summed E-state index contributed by atoms with van der Waals surface area (Å²) in [6.45, 7) is 5.44. The highest BCUT2D eigenvalue weighted by Gasteiger charge is 2.35. The van der Waals surface area contributed by atoms with Crippen molar-refractivity contribution in [2.24, 2.45) is 5.92 Å². The quantitative estimate of drug-likeness (QED) is 0.180. The van der Waals surface area contributed by atoms with Gasteiger partial charge < -0.3 is 10.6 Å². The third kappa shape index (κ3) is 7.53. The van der Waals surface area contributed by atoms with Crippen molar-refractivity contribution in [2.45, 2.75) is 58.7 Å².